The summed E-state index contributed by atoms with van der Waals surface area (Å²) in [6, 6.07) is 4.61. The van der Waals surface area contributed by atoms with Gasteiger partial charge < -0.3 is 15.5 Å². The molecule has 0 bridgehead atoms. The van der Waals surface area contributed by atoms with E-state index in [1.54, 1.807) is 12.1 Å². The van der Waals surface area contributed by atoms with E-state index >= 15 is 0 Å². The molecule has 1 aliphatic rings. The molecule has 1 aromatic rings. The number of piperazine rings is 1. The van der Waals surface area contributed by atoms with Gasteiger partial charge in [-0.25, -0.2) is 0 Å². The smallest absolute Gasteiger partial charge is 0.293 e. The van der Waals surface area contributed by atoms with Gasteiger partial charge in [-0.2, -0.15) is 0 Å². The van der Waals surface area contributed by atoms with E-state index in [9.17, 15) is 14.9 Å². The summed E-state index contributed by atoms with van der Waals surface area (Å²) in [5, 5.41) is 17.2. The predicted octanol–water partition coefficient (Wildman–Crippen LogP) is 1.14. The Bertz CT molecular complexity index is 571. The highest BCUT2D eigenvalue weighted by molar-refractivity contribution is 5.95. The third-order valence-corrected chi connectivity index (χ3v) is 3.57. The second kappa shape index (κ2) is 5.69. The molecule has 114 valence electrons. The fourth-order valence-corrected chi connectivity index (χ4v) is 2.57. The second-order valence-corrected chi connectivity index (χ2v) is 5.77. The number of nitro groups is 1. The van der Waals surface area contributed by atoms with Crippen molar-refractivity contribution in [2.24, 2.45) is 0 Å². The van der Waals surface area contributed by atoms with Crippen LogP contribution in [-0.2, 0) is 0 Å². The first-order valence-electron chi connectivity index (χ1n) is 6.84. The van der Waals surface area contributed by atoms with Crippen LogP contribution < -0.4 is 15.5 Å². The molecule has 1 saturated heterocycles. The average molecular weight is 292 g/mol. The van der Waals surface area contributed by atoms with Crippen LogP contribution in [-0.4, -0.2) is 43.1 Å². The minimum atomic E-state index is -0.434. The molecule has 1 aromatic carbocycles. The van der Waals surface area contributed by atoms with Crippen LogP contribution in [0.15, 0.2) is 18.2 Å². The molecule has 2 rings (SSSR count). The first-order valence-corrected chi connectivity index (χ1v) is 6.84. The number of amides is 1. The molecule has 0 radical (unpaired) electrons. The minimum Gasteiger partial charge on any atom is -0.363 e. The van der Waals surface area contributed by atoms with Crippen molar-refractivity contribution < 1.29 is 9.72 Å². The lowest BCUT2D eigenvalue weighted by atomic mass is 10.0. The summed E-state index contributed by atoms with van der Waals surface area (Å²) < 4.78 is 0. The Morgan fingerprint density at radius 1 is 1.48 bits per heavy atom. The summed E-state index contributed by atoms with van der Waals surface area (Å²) in [6.45, 7) is 6.26. The Balaban J connectivity index is 2.39. The van der Waals surface area contributed by atoms with Crippen molar-refractivity contribution in [2.75, 3.05) is 31.6 Å². The molecule has 7 nitrogen and oxygen atoms in total. The van der Waals surface area contributed by atoms with Crippen LogP contribution in [0, 0.1) is 10.1 Å². The van der Waals surface area contributed by atoms with Gasteiger partial charge in [-0.15, -0.1) is 0 Å². The number of carbonyl (C=O) groups is 1. The predicted molar refractivity (Wildman–Crippen MR) is 80.8 cm³/mol. The number of nitrogens with one attached hydrogen (secondary N) is 2. The molecule has 0 unspecified atom stereocenters. The molecule has 0 aromatic heterocycles. The van der Waals surface area contributed by atoms with Crippen LogP contribution in [0.3, 0.4) is 0 Å². The number of hydrogen-bond donors (Lipinski definition) is 2. The van der Waals surface area contributed by atoms with Gasteiger partial charge in [0.1, 0.15) is 5.69 Å². The molecular weight excluding hydrogens is 272 g/mol. The molecule has 7 heteroatoms. The number of hydrogen-bond acceptors (Lipinski definition) is 5. The van der Waals surface area contributed by atoms with Crippen molar-refractivity contribution in [3.05, 3.63) is 33.9 Å². The molecule has 0 aliphatic carbocycles. The van der Waals surface area contributed by atoms with E-state index in [2.05, 4.69) is 24.5 Å². The topological polar surface area (TPSA) is 87.5 Å². The maximum atomic E-state index is 11.6. The van der Waals surface area contributed by atoms with E-state index in [1.165, 1.54) is 13.1 Å². The van der Waals surface area contributed by atoms with Crippen molar-refractivity contribution >= 4 is 17.3 Å². The molecule has 21 heavy (non-hydrogen) atoms. The lowest BCUT2D eigenvalue weighted by molar-refractivity contribution is -0.384. The van der Waals surface area contributed by atoms with Crippen LogP contribution in [0.4, 0.5) is 11.4 Å². The maximum Gasteiger partial charge on any atom is 0.293 e. The molecule has 2 N–H and O–H groups in total. The minimum absolute atomic E-state index is 0.0335. The van der Waals surface area contributed by atoms with Crippen LogP contribution in [0.25, 0.3) is 0 Å². The van der Waals surface area contributed by atoms with Crippen LogP contribution >= 0.6 is 0 Å². The van der Waals surface area contributed by atoms with Gasteiger partial charge in [0, 0.05) is 43.9 Å². The molecule has 0 spiro atoms. The van der Waals surface area contributed by atoms with Gasteiger partial charge in [-0.05, 0) is 26.0 Å². The third kappa shape index (κ3) is 3.30. The maximum absolute atomic E-state index is 11.6. The van der Waals surface area contributed by atoms with Gasteiger partial charge in [0.25, 0.3) is 11.6 Å². The Morgan fingerprint density at radius 2 is 2.19 bits per heavy atom. The van der Waals surface area contributed by atoms with Gasteiger partial charge in [-0.3, -0.25) is 14.9 Å². The van der Waals surface area contributed by atoms with Crippen molar-refractivity contribution in [3.8, 4) is 0 Å². The molecule has 0 saturated carbocycles. The van der Waals surface area contributed by atoms with Crippen LogP contribution in [0.1, 0.15) is 24.2 Å². The molecule has 0 atom stereocenters. The summed E-state index contributed by atoms with van der Waals surface area (Å²) >= 11 is 0. The Kier molecular flexibility index (Phi) is 4.13. The van der Waals surface area contributed by atoms with E-state index in [1.807, 2.05) is 4.90 Å². The van der Waals surface area contributed by atoms with E-state index in [4.69, 9.17) is 0 Å². The first kappa shape index (κ1) is 15.2. The van der Waals surface area contributed by atoms with E-state index in [-0.39, 0.29) is 17.1 Å². The Hall–Kier alpha value is -2.15. The highest BCUT2D eigenvalue weighted by Gasteiger charge is 2.29. The zero-order chi connectivity index (χ0) is 15.6. The molecule has 1 heterocycles. The quantitative estimate of drug-likeness (QED) is 0.644. The van der Waals surface area contributed by atoms with Gasteiger partial charge in [0.15, 0.2) is 0 Å². The summed E-state index contributed by atoms with van der Waals surface area (Å²) in [5.41, 5.74) is 0.712. The number of anilines is 1. The van der Waals surface area contributed by atoms with E-state index in [0.29, 0.717) is 24.3 Å². The van der Waals surface area contributed by atoms with Gasteiger partial charge in [0.05, 0.1) is 4.92 Å². The SMILES string of the molecule is CNC(=O)c1ccc(N2CCNC(C)(C)C2)c([N+](=O)[O-])c1. The number of benzene rings is 1. The van der Waals surface area contributed by atoms with Crippen LogP contribution in [0.2, 0.25) is 0 Å². The van der Waals surface area contributed by atoms with Crippen LogP contribution in [0.5, 0.6) is 0 Å². The largest absolute Gasteiger partial charge is 0.363 e. The Morgan fingerprint density at radius 3 is 2.76 bits per heavy atom. The summed E-state index contributed by atoms with van der Waals surface area (Å²) in [5.74, 6) is -0.328. The highest BCUT2D eigenvalue weighted by Crippen LogP contribution is 2.31. The lowest BCUT2D eigenvalue weighted by Crippen LogP contribution is -2.57. The average Bonchev–Trinajstić information content (AvgIpc) is 2.44. The summed E-state index contributed by atoms with van der Waals surface area (Å²) in [4.78, 5) is 24.5. The van der Waals surface area contributed by atoms with Crippen molar-refractivity contribution in [3.63, 3.8) is 0 Å². The van der Waals surface area contributed by atoms with Gasteiger partial charge >= 0.3 is 0 Å². The monoisotopic (exact) mass is 292 g/mol. The molecule has 1 amide bonds. The van der Waals surface area contributed by atoms with Gasteiger partial charge in [0.2, 0.25) is 0 Å². The molecule has 1 fully saturated rings. The van der Waals surface area contributed by atoms with Crippen molar-refractivity contribution in [1.29, 1.82) is 0 Å². The van der Waals surface area contributed by atoms with Crippen molar-refractivity contribution in [2.45, 2.75) is 19.4 Å². The number of nitro benzene ring substituents is 1. The zero-order valence-corrected chi connectivity index (χ0v) is 12.5. The van der Waals surface area contributed by atoms with E-state index < -0.39 is 4.92 Å². The van der Waals surface area contributed by atoms with Crippen molar-refractivity contribution in [1.82, 2.24) is 10.6 Å². The molecular formula is C14H20N4O3. The van der Waals surface area contributed by atoms with Gasteiger partial charge in [-0.1, -0.05) is 0 Å². The third-order valence-electron chi connectivity index (χ3n) is 3.57. The number of rotatable bonds is 3. The summed E-state index contributed by atoms with van der Waals surface area (Å²) in [7, 11) is 1.50. The standard InChI is InChI=1S/C14H20N4O3/c1-14(2)9-17(7-6-16-14)11-5-4-10(13(19)15-3)8-12(11)18(20)21/h4-5,8,16H,6-7,9H2,1-3H3,(H,15,19). The fourth-order valence-electron chi connectivity index (χ4n) is 2.57. The second-order valence-electron chi connectivity index (χ2n) is 5.77. The lowest BCUT2D eigenvalue weighted by Gasteiger charge is -2.40. The van der Waals surface area contributed by atoms with E-state index in [0.717, 1.165) is 6.54 Å². The normalized spacial score (nSPS) is 17.4. The fraction of sp³-hybridized carbons (Fsp3) is 0.500. The number of nitrogens with zero attached hydrogens (tertiary/aromatic N) is 2. The molecule has 1 aliphatic heterocycles. The number of carbonyl (C=O) groups excluding carboxylic acids is 1. The highest BCUT2D eigenvalue weighted by atomic mass is 16.6. The zero-order valence-electron chi connectivity index (χ0n) is 12.5. The first-order chi connectivity index (χ1) is 9.84. The Labute approximate surface area is 123 Å². The summed E-state index contributed by atoms with van der Waals surface area (Å²) in [6.07, 6.45) is 0.